The van der Waals surface area contributed by atoms with Crippen molar-refractivity contribution in [3.63, 3.8) is 0 Å². The predicted molar refractivity (Wildman–Crippen MR) is 67.7 cm³/mol. The highest BCUT2D eigenvalue weighted by Crippen LogP contribution is 2.31. The Balaban J connectivity index is 2.91. The minimum absolute atomic E-state index is 0.172. The fraction of sp³-hybridized carbons (Fsp3) is 0.462. The first-order valence-corrected chi connectivity index (χ1v) is 5.85. The second-order valence-corrected chi connectivity index (χ2v) is 3.76. The number of hydrogen-bond donors (Lipinski definition) is 2. The van der Waals surface area contributed by atoms with Crippen molar-refractivity contribution in [3.8, 4) is 11.5 Å². The SMILES string of the molecule is CCNC(=O)C(C)Oc1c(CO)cccc1OC. The van der Waals surface area contributed by atoms with Gasteiger partial charge in [0.05, 0.1) is 13.7 Å². The van der Waals surface area contributed by atoms with Crippen molar-refractivity contribution >= 4 is 5.91 Å². The van der Waals surface area contributed by atoms with Gasteiger partial charge in [0.25, 0.3) is 5.91 Å². The van der Waals surface area contributed by atoms with Crippen molar-refractivity contribution < 1.29 is 19.4 Å². The van der Waals surface area contributed by atoms with Gasteiger partial charge in [-0.15, -0.1) is 0 Å². The van der Waals surface area contributed by atoms with Crippen LogP contribution in [0.25, 0.3) is 0 Å². The summed E-state index contributed by atoms with van der Waals surface area (Å²) >= 11 is 0. The Hall–Kier alpha value is -1.75. The van der Waals surface area contributed by atoms with E-state index >= 15 is 0 Å². The molecule has 0 fully saturated rings. The third kappa shape index (κ3) is 3.37. The van der Waals surface area contributed by atoms with Gasteiger partial charge in [0.2, 0.25) is 0 Å². The molecule has 5 heteroatoms. The highest BCUT2D eigenvalue weighted by Gasteiger charge is 2.18. The Morgan fingerprint density at radius 3 is 2.78 bits per heavy atom. The number of aliphatic hydroxyl groups excluding tert-OH is 1. The normalized spacial score (nSPS) is 11.8. The van der Waals surface area contributed by atoms with Crippen molar-refractivity contribution in [2.45, 2.75) is 26.6 Å². The first-order valence-electron chi connectivity index (χ1n) is 5.85. The summed E-state index contributed by atoms with van der Waals surface area (Å²) in [4.78, 5) is 11.6. The molecular formula is C13H19NO4. The molecule has 100 valence electrons. The molecule has 1 unspecified atom stereocenters. The number of amides is 1. The molecule has 1 atom stereocenters. The van der Waals surface area contributed by atoms with Crippen LogP contribution in [0, 0.1) is 0 Å². The summed E-state index contributed by atoms with van der Waals surface area (Å²) in [5, 5.41) is 11.9. The average molecular weight is 253 g/mol. The van der Waals surface area contributed by atoms with Gasteiger partial charge in [-0.1, -0.05) is 12.1 Å². The van der Waals surface area contributed by atoms with Crippen LogP contribution in [0.15, 0.2) is 18.2 Å². The Kier molecular flexibility index (Phi) is 5.45. The minimum atomic E-state index is -0.647. The second-order valence-electron chi connectivity index (χ2n) is 3.76. The highest BCUT2D eigenvalue weighted by molar-refractivity contribution is 5.80. The molecular weight excluding hydrogens is 234 g/mol. The number of hydrogen-bond acceptors (Lipinski definition) is 4. The second kappa shape index (κ2) is 6.86. The number of aliphatic hydroxyl groups is 1. The molecule has 0 heterocycles. The Bertz CT molecular complexity index is 384. The summed E-state index contributed by atoms with van der Waals surface area (Å²) in [6.45, 7) is 3.87. The monoisotopic (exact) mass is 253 g/mol. The van der Waals surface area contributed by atoms with Gasteiger partial charge in [-0.3, -0.25) is 4.79 Å². The van der Waals surface area contributed by atoms with Crippen LogP contribution in [-0.2, 0) is 11.4 Å². The molecule has 0 aliphatic heterocycles. The topological polar surface area (TPSA) is 67.8 Å². The van der Waals surface area contributed by atoms with Crippen molar-refractivity contribution in [2.75, 3.05) is 13.7 Å². The van der Waals surface area contributed by atoms with E-state index in [0.29, 0.717) is 23.6 Å². The zero-order valence-corrected chi connectivity index (χ0v) is 10.9. The maximum Gasteiger partial charge on any atom is 0.260 e. The van der Waals surface area contributed by atoms with Gasteiger partial charge in [0.15, 0.2) is 17.6 Å². The standard InChI is InChI=1S/C13H19NO4/c1-4-14-13(16)9(2)18-12-10(8-15)6-5-7-11(12)17-3/h5-7,9,15H,4,8H2,1-3H3,(H,14,16). The van der Waals surface area contributed by atoms with Crippen LogP contribution in [0.2, 0.25) is 0 Å². The van der Waals surface area contributed by atoms with Gasteiger partial charge >= 0.3 is 0 Å². The van der Waals surface area contributed by atoms with Gasteiger partial charge in [0.1, 0.15) is 0 Å². The zero-order valence-electron chi connectivity index (χ0n) is 10.9. The van der Waals surface area contributed by atoms with Crippen LogP contribution >= 0.6 is 0 Å². The molecule has 0 aliphatic rings. The maximum atomic E-state index is 11.6. The minimum Gasteiger partial charge on any atom is -0.493 e. The molecule has 1 aromatic carbocycles. The molecule has 0 radical (unpaired) electrons. The van der Waals surface area contributed by atoms with E-state index in [1.165, 1.54) is 7.11 Å². The molecule has 2 N–H and O–H groups in total. The molecule has 0 spiro atoms. The summed E-state index contributed by atoms with van der Waals surface area (Å²) in [5.41, 5.74) is 0.588. The molecule has 0 saturated carbocycles. The smallest absolute Gasteiger partial charge is 0.260 e. The summed E-state index contributed by atoms with van der Waals surface area (Å²) in [7, 11) is 1.51. The van der Waals surface area contributed by atoms with Crippen LogP contribution < -0.4 is 14.8 Å². The van der Waals surface area contributed by atoms with Crippen LogP contribution in [0.5, 0.6) is 11.5 Å². The van der Waals surface area contributed by atoms with Crippen LogP contribution in [-0.4, -0.2) is 30.8 Å². The lowest BCUT2D eigenvalue weighted by Crippen LogP contribution is -2.36. The summed E-state index contributed by atoms with van der Waals surface area (Å²) in [6, 6.07) is 5.20. The van der Waals surface area contributed by atoms with Crippen LogP contribution in [0.1, 0.15) is 19.4 Å². The Morgan fingerprint density at radius 1 is 1.50 bits per heavy atom. The molecule has 1 amide bonds. The molecule has 0 saturated heterocycles. The molecule has 18 heavy (non-hydrogen) atoms. The zero-order chi connectivity index (χ0) is 13.5. The van der Waals surface area contributed by atoms with E-state index in [1.54, 1.807) is 25.1 Å². The van der Waals surface area contributed by atoms with Crippen molar-refractivity contribution in [1.82, 2.24) is 5.32 Å². The van der Waals surface area contributed by atoms with E-state index < -0.39 is 6.10 Å². The number of rotatable bonds is 6. The predicted octanol–water partition coefficient (Wildman–Crippen LogP) is 1.09. The van der Waals surface area contributed by atoms with E-state index in [0.717, 1.165) is 0 Å². The fourth-order valence-electron chi connectivity index (χ4n) is 1.53. The van der Waals surface area contributed by atoms with E-state index in [1.807, 2.05) is 6.92 Å². The lowest BCUT2D eigenvalue weighted by Gasteiger charge is -2.18. The fourth-order valence-corrected chi connectivity index (χ4v) is 1.53. The number of carbonyl (C=O) groups excluding carboxylic acids is 1. The molecule has 0 aliphatic carbocycles. The van der Waals surface area contributed by atoms with E-state index in [4.69, 9.17) is 9.47 Å². The lowest BCUT2D eigenvalue weighted by molar-refractivity contribution is -0.127. The number of benzene rings is 1. The van der Waals surface area contributed by atoms with Gasteiger partial charge in [-0.05, 0) is 19.9 Å². The third-order valence-corrected chi connectivity index (χ3v) is 2.47. The number of carbonyl (C=O) groups is 1. The van der Waals surface area contributed by atoms with E-state index in [2.05, 4.69) is 5.32 Å². The first kappa shape index (κ1) is 14.3. The highest BCUT2D eigenvalue weighted by atomic mass is 16.5. The molecule has 0 aromatic heterocycles. The van der Waals surface area contributed by atoms with Gasteiger partial charge in [-0.25, -0.2) is 0 Å². The molecule has 5 nitrogen and oxygen atoms in total. The Labute approximate surface area is 107 Å². The van der Waals surface area contributed by atoms with Crippen molar-refractivity contribution in [1.29, 1.82) is 0 Å². The average Bonchev–Trinajstić information content (AvgIpc) is 2.39. The number of nitrogens with one attached hydrogen (secondary N) is 1. The Morgan fingerprint density at radius 2 is 2.22 bits per heavy atom. The summed E-state index contributed by atoms with van der Waals surface area (Å²) in [5.74, 6) is 0.700. The maximum absolute atomic E-state index is 11.6. The van der Waals surface area contributed by atoms with Gasteiger partial charge in [-0.2, -0.15) is 0 Å². The number of para-hydroxylation sites is 1. The number of methoxy groups -OCH3 is 1. The molecule has 0 bridgehead atoms. The van der Waals surface area contributed by atoms with Crippen LogP contribution in [0.3, 0.4) is 0 Å². The van der Waals surface area contributed by atoms with Gasteiger partial charge < -0.3 is 19.9 Å². The quantitative estimate of drug-likeness (QED) is 0.796. The van der Waals surface area contributed by atoms with Crippen molar-refractivity contribution in [2.24, 2.45) is 0 Å². The summed E-state index contributed by atoms with van der Waals surface area (Å²) < 4.78 is 10.7. The summed E-state index contributed by atoms with van der Waals surface area (Å²) in [6.07, 6.45) is -0.647. The molecule has 1 aromatic rings. The van der Waals surface area contributed by atoms with E-state index in [-0.39, 0.29) is 12.5 Å². The van der Waals surface area contributed by atoms with E-state index in [9.17, 15) is 9.90 Å². The number of ether oxygens (including phenoxy) is 2. The van der Waals surface area contributed by atoms with Crippen molar-refractivity contribution in [3.05, 3.63) is 23.8 Å². The molecule has 1 rings (SSSR count). The number of likely N-dealkylation sites (N-methyl/N-ethyl adjacent to an activating group) is 1. The van der Waals surface area contributed by atoms with Crippen LogP contribution in [0.4, 0.5) is 0 Å². The van der Waals surface area contributed by atoms with Gasteiger partial charge in [0, 0.05) is 12.1 Å². The lowest BCUT2D eigenvalue weighted by atomic mass is 10.2. The largest absolute Gasteiger partial charge is 0.493 e. The first-order chi connectivity index (χ1) is 8.63. The third-order valence-electron chi connectivity index (χ3n) is 2.47.